The molecule has 0 aliphatic carbocycles. The maximum absolute atomic E-state index is 10.4. The number of carbonyl (C=O) groups excluding carboxylic acids is 1. The molecule has 0 unspecified atom stereocenters. The minimum absolute atomic E-state index is 2.27. The van der Waals surface area contributed by atoms with Gasteiger partial charge >= 0.3 is 17.5 Å². The van der Waals surface area contributed by atoms with Crippen molar-refractivity contribution in [3.8, 4) is 0 Å². The molecule has 0 saturated heterocycles. The average molecular weight is 245 g/mol. The van der Waals surface area contributed by atoms with Gasteiger partial charge in [0.2, 0.25) is 0 Å². The van der Waals surface area contributed by atoms with Crippen LogP contribution >= 0.6 is 0 Å². The van der Waals surface area contributed by atoms with E-state index in [1.807, 2.05) is 0 Å². The van der Waals surface area contributed by atoms with Gasteiger partial charge in [-0.25, -0.2) is 0 Å². The van der Waals surface area contributed by atoms with Crippen LogP contribution in [0.15, 0.2) is 0 Å². The first-order valence-corrected chi connectivity index (χ1v) is 3.51. The summed E-state index contributed by atoms with van der Waals surface area (Å²) in [5, 5.41) is 77.7. The van der Waals surface area contributed by atoms with Crippen LogP contribution in [-0.4, -0.2) is 75.2 Å². The minimum atomic E-state index is -4.72. The van der Waals surface area contributed by atoms with Gasteiger partial charge in [-0.15, -0.1) is 0 Å². The fraction of sp³-hybridized carbons (Fsp3) is 0.800. The molecular weight excluding hydrogens is 234 g/mol. The molecular formula is C5H11NO10. The zero-order chi connectivity index (χ0) is 13.6. The number of nitrogens with two attached hydrogens (primary N) is 1. The second kappa shape index (κ2) is 3.56. The van der Waals surface area contributed by atoms with Gasteiger partial charge in [-0.1, -0.05) is 0 Å². The van der Waals surface area contributed by atoms with Crippen molar-refractivity contribution in [3.05, 3.63) is 0 Å². The molecule has 0 fully saturated rings. The fourth-order valence-electron chi connectivity index (χ4n) is 0.649. The van der Waals surface area contributed by atoms with Crippen LogP contribution in [0.5, 0.6) is 0 Å². The summed E-state index contributed by atoms with van der Waals surface area (Å²) in [6, 6.07) is 0. The number of hydrogen-bond acceptors (Lipinski definition) is 10. The second-order valence-corrected chi connectivity index (χ2v) is 3.02. The monoisotopic (exact) mass is 245 g/mol. The summed E-state index contributed by atoms with van der Waals surface area (Å²) < 4.78 is 0. The van der Waals surface area contributed by atoms with Crippen molar-refractivity contribution >= 4 is 5.91 Å². The highest BCUT2D eigenvalue weighted by atomic mass is 16.8. The van der Waals surface area contributed by atoms with Crippen molar-refractivity contribution in [2.45, 2.75) is 23.3 Å². The molecule has 16 heavy (non-hydrogen) atoms. The number of aliphatic hydroxyl groups is 9. The summed E-state index contributed by atoms with van der Waals surface area (Å²) in [6.07, 6.45) is 0. The van der Waals surface area contributed by atoms with Gasteiger partial charge < -0.3 is 51.7 Å². The van der Waals surface area contributed by atoms with Crippen molar-refractivity contribution in [1.82, 2.24) is 0 Å². The Morgan fingerprint density at radius 3 is 1.25 bits per heavy atom. The number of rotatable bonds is 4. The summed E-state index contributed by atoms with van der Waals surface area (Å²) >= 11 is 0. The summed E-state index contributed by atoms with van der Waals surface area (Å²) in [4.78, 5) is 10.4. The van der Waals surface area contributed by atoms with Gasteiger partial charge in [0.05, 0.1) is 0 Å². The van der Waals surface area contributed by atoms with Gasteiger partial charge in [-0.05, 0) is 0 Å². The molecule has 0 aromatic rings. The van der Waals surface area contributed by atoms with E-state index in [0.717, 1.165) is 0 Å². The standard InChI is InChI=1S/C5H11NO10/c6-1(7)2(8,9)3(10,11)4(12,13)5(14,15)16/h8-16H,(H2,6,7). The summed E-state index contributed by atoms with van der Waals surface area (Å²) in [5.41, 5.74) is 4.27. The van der Waals surface area contributed by atoms with Gasteiger partial charge in [0.15, 0.2) is 0 Å². The van der Waals surface area contributed by atoms with Crippen molar-refractivity contribution in [3.63, 3.8) is 0 Å². The lowest BCUT2D eigenvalue weighted by Gasteiger charge is -2.43. The number of carbonyl (C=O) groups is 1. The number of hydrogen-bond donors (Lipinski definition) is 10. The Kier molecular flexibility index (Phi) is 3.36. The number of amides is 1. The van der Waals surface area contributed by atoms with Gasteiger partial charge in [0.25, 0.3) is 11.7 Å². The zero-order valence-electron chi connectivity index (χ0n) is 7.51. The first-order valence-electron chi connectivity index (χ1n) is 3.51. The van der Waals surface area contributed by atoms with E-state index in [9.17, 15) is 4.79 Å². The van der Waals surface area contributed by atoms with Gasteiger partial charge in [-0.2, -0.15) is 0 Å². The average Bonchev–Trinajstić information content (AvgIpc) is 2.00. The molecule has 11 nitrogen and oxygen atoms in total. The molecule has 0 aromatic heterocycles. The van der Waals surface area contributed by atoms with Crippen LogP contribution in [0.3, 0.4) is 0 Å². The van der Waals surface area contributed by atoms with E-state index in [0.29, 0.717) is 0 Å². The third-order valence-electron chi connectivity index (χ3n) is 1.78. The lowest BCUT2D eigenvalue weighted by Crippen LogP contribution is -2.78. The van der Waals surface area contributed by atoms with Gasteiger partial charge in [0, 0.05) is 0 Å². The van der Waals surface area contributed by atoms with Crippen LogP contribution in [0, 0.1) is 0 Å². The van der Waals surface area contributed by atoms with E-state index < -0.39 is 29.2 Å². The lowest BCUT2D eigenvalue weighted by atomic mass is 9.94. The summed E-state index contributed by atoms with van der Waals surface area (Å²) in [7, 11) is 0. The molecule has 0 rings (SSSR count). The van der Waals surface area contributed by atoms with E-state index in [1.165, 1.54) is 0 Å². The Hall–Kier alpha value is -0.890. The molecule has 96 valence electrons. The van der Waals surface area contributed by atoms with Crippen molar-refractivity contribution < 1.29 is 50.8 Å². The smallest absolute Gasteiger partial charge is 0.338 e. The molecule has 0 bridgehead atoms. The normalized spacial score (nSPS) is 15.1. The quantitative estimate of drug-likeness (QED) is 0.210. The van der Waals surface area contributed by atoms with Crippen molar-refractivity contribution in [2.75, 3.05) is 0 Å². The van der Waals surface area contributed by atoms with Crippen LogP contribution in [0.25, 0.3) is 0 Å². The topological polar surface area (TPSA) is 225 Å². The molecule has 0 atom stereocenters. The molecule has 0 spiro atoms. The van der Waals surface area contributed by atoms with Gasteiger partial charge in [-0.3, -0.25) is 4.79 Å². The van der Waals surface area contributed by atoms with Crippen LogP contribution in [0.4, 0.5) is 0 Å². The summed E-state index contributed by atoms with van der Waals surface area (Å²) in [5.74, 6) is -20.7. The third-order valence-corrected chi connectivity index (χ3v) is 1.78. The first-order chi connectivity index (χ1) is 6.69. The van der Waals surface area contributed by atoms with Crippen LogP contribution < -0.4 is 5.73 Å². The van der Waals surface area contributed by atoms with E-state index in [-0.39, 0.29) is 0 Å². The molecule has 11 N–H and O–H groups in total. The van der Waals surface area contributed by atoms with Crippen LogP contribution in [0.2, 0.25) is 0 Å². The van der Waals surface area contributed by atoms with E-state index in [1.54, 1.807) is 0 Å². The Morgan fingerprint density at radius 2 is 1.06 bits per heavy atom. The molecule has 0 saturated carbocycles. The second-order valence-electron chi connectivity index (χ2n) is 3.02. The highest BCUT2D eigenvalue weighted by molar-refractivity contribution is 5.82. The highest BCUT2D eigenvalue weighted by Crippen LogP contribution is 2.33. The molecule has 1 amide bonds. The zero-order valence-corrected chi connectivity index (χ0v) is 7.51. The number of primary amides is 1. The van der Waals surface area contributed by atoms with Gasteiger partial charge in [0.1, 0.15) is 0 Å². The molecule has 0 heterocycles. The van der Waals surface area contributed by atoms with E-state index in [2.05, 4.69) is 5.73 Å². The SMILES string of the molecule is NC(=O)C(O)(O)C(O)(O)C(O)(O)C(O)(O)O. The van der Waals surface area contributed by atoms with Crippen molar-refractivity contribution in [2.24, 2.45) is 5.73 Å². The maximum atomic E-state index is 10.4. The van der Waals surface area contributed by atoms with Crippen LogP contribution in [-0.2, 0) is 4.79 Å². The van der Waals surface area contributed by atoms with Crippen LogP contribution in [0.1, 0.15) is 0 Å². The predicted molar refractivity (Wildman–Crippen MR) is 40.1 cm³/mol. The fourth-order valence-corrected chi connectivity index (χ4v) is 0.649. The molecule has 0 aromatic carbocycles. The Labute approximate surface area is 86.8 Å². The molecule has 0 aliphatic heterocycles. The Balaban J connectivity index is 5.62. The molecule has 0 radical (unpaired) electrons. The third kappa shape index (κ3) is 1.86. The predicted octanol–water partition coefficient (Wildman–Crippen LogP) is -6.85. The Bertz CT molecular complexity index is 288. The largest absolute Gasteiger partial charge is 0.365 e. The molecule has 11 heteroatoms. The maximum Gasteiger partial charge on any atom is 0.338 e. The molecule has 0 aliphatic rings. The highest BCUT2D eigenvalue weighted by Gasteiger charge is 2.72. The van der Waals surface area contributed by atoms with Crippen molar-refractivity contribution in [1.29, 1.82) is 0 Å². The Morgan fingerprint density at radius 1 is 0.750 bits per heavy atom. The lowest BCUT2D eigenvalue weighted by molar-refractivity contribution is -0.536. The summed E-state index contributed by atoms with van der Waals surface area (Å²) in [6.45, 7) is 0. The first kappa shape index (κ1) is 15.1. The van der Waals surface area contributed by atoms with E-state index >= 15 is 0 Å². The van der Waals surface area contributed by atoms with E-state index in [4.69, 9.17) is 46.0 Å². The minimum Gasteiger partial charge on any atom is -0.365 e.